The molecule has 3 saturated heterocycles. The maximum atomic E-state index is 12.6. The van der Waals surface area contributed by atoms with Crippen molar-refractivity contribution in [2.45, 2.75) is 38.1 Å². The van der Waals surface area contributed by atoms with Crippen LogP contribution in [0.4, 0.5) is 4.79 Å². The molecular weight excluding hydrogens is 342 g/mol. The van der Waals surface area contributed by atoms with Crippen LogP contribution in [0.1, 0.15) is 43.3 Å². The minimum Gasteiger partial charge on any atom is -0.325 e. The highest BCUT2D eigenvalue weighted by molar-refractivity contribution is 5.74. The Hall–Kier alpha value is -1.67. The number of carbonyl (C=O) groups is 1. The van der Waals surface area contributed by atoms with E-state index in [0.717, 1.165) is 96.2 Å². The van der Waals surface area contributed by atoms with Crippen molar-refractivity contribution >= 4 is 6.03 Å². The van der Waals surface area contributed by atoms with Crippen LogP contribution in [0.5, 0.6) is 0 Å². The molecule has 0 radical (unpaired) electrons. The van der Waals surface area contributed by atoms with Crippen LogP contribution >= 0.6 is 0 Å². The van der Waals surface area contributed by atoms with Crippen LogP contribution in [0, 0.1) is 0 Å². The first-order valence-electron chi connectivity index (χ1n) is 10.4. The predicted molar refractivity (Wildman–Crippen MR) is 104 cm³/mol. The molecule has 0 unspecified atom stereocenters. The largest absolute Gasteiger partial charge is 0.325 e. The molecule has 0 aliphatic carbocycles. The molecule has 27 heavy (non-hydrogen) atoms. The minimum atomic E-state index is 0.236. The van der Waals surface area contributed by atoms with Gasteiger partial charge in [-0.25, -0.2) is 4.79 Å². The molecule has 2 amide bonds. The summed E-state index contributed by atoms with van der Waals surface area (Å²) in [5, 5.41) is 9.02. The van der Waals surface area contributed by atoms with Gasteiger partial charge in [0.15, 0.2) is 0 Å². The van der Waals surface area contributed by atoms with Gasteiger partial charge < -0.3 is 19.3 Å². The topological polar surface area (TPSA) is 60.7 Å². The number of rotatable bonds is 3. The molecule has 8 heteroatoms. The lowest BCUT2D eigenvalue weighted by molar-refractivity contribution is 0.143. The zero-order valence-corrected chi connectivity index (χ0v) is 16.8. The Bertz CT molecular complexity index is 638. The Balaban J connectivity index is 1.32. The monoisotopic (exact) mass is 375 g/mol. The normalized spacial score (nSPS) is 23.3. The molecule has 0 bridgehead atoms. The number of aromatic nitrogens is 3. The summed E-state index contributed by atoms with van der Waals surface area (Å²) in [6.07, 6.45) is 4.27. The maximum absolute atomic E-state index is 12.6. The zero-order chi connectivity index (χ0) is 18.8. The van der Waals surface area contributed by atoms with Gasteiger partial charge in [0.1, 0.15) is 11.6 Å². The summed E-state index contributed by atoms with van der Waals surface area (Å²) in [6, 6.07) is 0.236. The van der Waals surface area contributed by atoms with E-state index in [2.05, 4.69) is 38.7 Å². The Kier molecular flexibility index (Phi) is 5.63. The molecule has 3 fully saturated rings. The van der Waals surface area contributed by atoms with E-state index >= 15 is 0 Å². The highest BCUT2D eigenvalue weighted by Crippen LogP contribution is 2.28. The second-order valence-corrected chi connectivity index (χ2v) is 8.35. The van der Waals surface area contributed by atoms with Gasteiger partial charge in [-0.2, -0.15) is 0 Å². The summed E-state index contributed by atoms with van der Waals surface area (Å²) in [5.41, 5.74) is 0. The lowest BCUT2D eigenvalue weighted by Crippen LogP contribution is -2.45. The van der Waals surface area contributed by atoms with Gasteiger partial charge in [-0.1, -0.05) is 0 Å². The fourth-order valence-electron chi connectivity index (χ4n) is 4.51. The Morgan fingerprint density at radius 3 is 2.19 bits per heavy atom. The Labute approximate surface area is 162 Å². The highest BCUT2D eigenvalue weighted by atomic mass is 16.2. The first kappa shape index (κ1) is 18.7. The summed E-state index contributed by atoms with van der Waals surface area (Å²) in [4.78, 5) is 21.4. The summed E-state index contributed by atoms with van der Waals surface area (Å²) in [6.45, 7) is 8.83. The number of urea groups is 1. The smallest absolute Gasteiger partial charge is 0.319 e. The quantitative estimate of drug-likeness (QED) is 0.788. The number of likely N-dealkylation sites (N-methyl/N-ethyl adjacent to an activating group) is 1. The number of hydrogen-bond donors (Lipinski definition) is 0. The van der Waals surface area contributed by atoms with Gasteiger partial charge >= 0.3 is 6.03 Å². The molecule has 0 atom stereocenters. The SMILES string of the molecule is CN1CCN(Cc2nnc(C3CCN(C(=O)N4CCCC4)CC3)n2C)CC1. The number of amides is 2. The zero-order valence-electron chi connectivity index (χ0n) is 16.8. The summed E-state index contributed by atoms with van der Waals surface area (Å²) >= 11 is 0. The number of piperazine rings is 1. The van der Waals surface area contributed by atoms with Crippen LogP contribution in [-0.4, -0.2) is 99.8 Å². The molecule has 0 N–H and O–H groups in total. The van der Waals surface area contributed by atoms with Gasteiger partial charge in [0, 0.05) is 65.3 Å². The van der Waals surface area contributed by atoms with Crippen LogP contribution < -0.4 is 0 Å². The number of carbonyl (C=O) groups excluding carboxylic acids is 1. The lowest BCUT2D eigenvalue weighted by atomic mass is 9.96. The third-order valence-corrected chi connectivity index (χ3v) is 6.47. The van der Waals surface area contributed by atoms with E-state index in [1.54, 1.807) is 0 Å². The van der Waals surface area contributed by atoms with E-state index < -0.39 is 0 Å². The Morgan fingerprint density at radius 1 is 0.889 bits per heavy atom. The van der Waals surface area contributed by atoms with E-state index in [0.29, 0.717) is 5.92 Å². The van der Waals surface area contributed by atoms with Crippen molar-refractivity contribution in [3.8, 4) is 0 Å². The van der Waals surface area contributed by atoms with Gasteiger partial charge in [-0.3, -0.25) is 4.90 Å². The summed E-state index contributed by atoms with van der Waals surface area (Å²) < 4.78 is 2.20. The molecule has 0 spiro atoms. The molecule has 1 aromatic heterocycles. The van der Waals surface area contributed by atoms with E-state index in [9.17, 15) is 4.79 Å². The van der Waals surface area contributed by atoms with Gasteiger partial charge in [0.05, 0.1) is 6.54 Å². The average molecular weight is 376 g/mol. The maximum Gasteiger partial charge on any atom is 0.319 e. The van der Waals surface area contributed by atoms with Gasteiger partial charge in [0.2, 0.25) is 0 Å². The molecule has 4 heterocycles. The third-order valence-electron chi connectivity index (χ3n) is 6.47. The molecule has 150 valence electrons. The first-order chi connectivity index (χ1) is 13.1. The van der Waals surface area contributed by atoms with E-state index in [-0.39, 0.29) is 6.03 Å². The number of likely N-dealkylation sites (tertiary alicyclic amines) is 2. The molecule has 4 rings (SSSR count). The van der Waals surface area contributed by atoms with Crippen molar-refractivity contribution in [1.29, 1.82) is 0 Å². The van der Waals surface area contributed by atoms with Crippen LogP contribution in [0.25, 0.3) is 0 Å². The summed E-state index contributed by atoms with van der Waals surface area (Å²) in [5.74, 6) is 2.56. The van der Waals surface area contributed by atoms with Crippen molar-refractivity contribution in [3.05, 3.63) is 11.6 Å². The van der Waals surface area contributed by atoms with Crippen LogP contribution in [0.2, 0.25) is 0 Å². The number of hydrogen-bond acceptors (Lipinski definition) is 5. The Morgan fingerprint density at radius 2 is 1.52 bits per heavy atom. The molecule has 0 aromatic carbocycles. The van der Waals surface area contributed by atoms with Crippen molar-refractivity contribution < 1.29 is 4.79 Å². The first-order valence-corrected chi connectivity index (χ1v) is 10.4. The standard InChI is InChI=1S/C19H33N7O/c1-22-11-13-24(14-12-22)15-17-20-21-18(23(17)2)16-5-9-26(10-6-16)19(27)25-7-3-4-8-25/h16H,3-15H2,1-2H3. The second kappa shape index (κ2) is 8.14. The van der Waals surface area contributed by atoms with Crippen molar-refractivity contribution in [2.75, 3.05) is 59.4 Å². The molecular formula is C19H33N7O. The average Bonchev–Trinajstić information content (AvgIpc) is 3.34. The van der Waals surface area contributed by atoms with Crippen molar-refractivity contribution in [3.63, 3.8) is 0 Å². The molecule has 3 aliphatic rings. The fraction of sp³-hybridized carbons (Fsp3) is 0.842. The summed E-state index contributed by atoms with van der Waals surface area (Å²) in [7, 11) is 4.28. The minimum absolute atomic E-state index is 0.236. The molecule has 8 nitrogen and oxygen atoms in total. The molecule has 1 aromatic rings. The van der Waals surface area contributed by atoms with Crippen LogP contribution in [0.3, 0.4) is 0 Å². The molecule has 3 aliphatic heterocycles. The van der Waals surface area contributed by atoms with E-state index in [1.165, 1.54) is 0 Å². The molecule has 0 saturated carbocycles. The fourth-order valence-corrected chi connectivity index (χ4v) is 4.51. The lowest BCUT2D eigenvalue weighted by Gasteiger charge is -2.34. The highest BCUT2D eigenvalue weighted by Gasteiger charge is 2.30. The number of piperidine rings is 1. The second-order valence-electron chi connectivity index (χ2n) is 8.35. The van der Waals surface area contributed by atoms with Gasteiger partial charge in [-0.05, 0) is 32.7 Å². The van der Waals surface area contributed by atoms with Gasteiger partial charge in [0.25, 0.3) is 0 Å². The van der Waals surface area contributed by atoms with Crippen LogP contribution in [-0.2, 0) is 13.6 Å². The van der Waals surface area contributed by atoms with Crippen molar-refractivity contribution in [2.24, 2.45) is 7.05 Å². The number of nitrogens with zero attached hydrogens (tertiary/aromatic N) is 7. The third kappa shape index (κ3) is 4.11. The predicted octanol–water partition coefficient (Wildman–Crippen LogP) is 0.958. The van der Waals surface area contributed by atoms with Crippen LogP contribution in [0.15, 0.2) is 0 Å². The van der Waals surface area contributed by atoms with Crippen molar-refractivity contribution in [1.82, 2.24) is 34.4 Å². The van der Waals surface area contributed by atoms with E-state index in [4.69, 9.17) is 0 Å². The van der Waals surface area contributed by atoms with Gasteiger partial charge in [-0.15, -0.1) is 10.2 Å². The van der Waals surface area contributed by atoms with E-state index in [1.807, 2.05) is 9.80 Å².